The molecule has 1 N–H and O–H groups in total. The number of hydrogen-bond acceptors (Lipinski definition) is 4. The van der Waals surface area contributed by atoms with Crippen LogP contribution in [0, 0.1) is 22.9 Å². The van der Waals surface area contributed by atoms with Gasteiger partial charge in [-0.3, -0.25) is 10.1 Å². The van der Waals surface area contributed by atoms with Crippen LogP contribution >= 0.6 is 0 Å². The Morgan fingerprint density at radius 3 is 2.68 bits per heavy atom. The van der Waals surface area contributed by atoms with Crippen LogP contribution in [0.25, 0.3) is 0 Å². The molecule has 0 saturated carbocycles. The molecule has 0 bridgehead atoms. The number of phenols is 1. The average molecular weight is 263 g/mol. The first-order valence-electron chi connectivity index (χ1n) is 5.39. The molecular weight excluding hydrogens is 253 g/mol. The summed E-state index contributed by atoms with van der Waals surface area (Å²) in [6.07, 6.45) is 0. The van der Waals surface area contributed by atoms with E-state index in [0.29, 0.717) is 5.56 Å². The lowest BCUT2D eigenvalue weighted by Gasteiger charge is -2.08. The number of aromatic hydroxyl groups is 1. The molecule has 19 heavy (non-hydrogen) atoms. The van der Waals surface area contributed by atoms with Gasteiger partial charge in [-0.15, -0.1) is 0 Å². The minimum Gasteiger partial charge on any atom is -0.508 e. The molecule has 0 aliphatic heterocycles. The van der Waals surface area contributed by atoms with Gasteiger partial charge in [-0.1, -0.05) is 6.07 Å². The molecule has 0 fully saturated rings. The molecule has 5 nitrogen and oxygen atoms in total. The molecule has 0 amide bonds. The fraction of sp³-hybridized carbons (Fsp3) is 0.0769. The summed E-state index contributed by atoms with van der Waals surface area (Å²) in [5, 5.41) is 20.2. The summed E-state index contributed by atoms with van der Waals surface area (Å²) in [7, 11) is 0. The van der Waals surface area contributed by atoms with Crippen LogP contribution in [0.15, 0.2) is 36.4 Å². The van der Waals surface area contributed by atoms with E-state index >= 15 is 0 Å². The van der Waals surface area contributed by atoms with Crippen LogP contribution in [0.3, 0.4) is 0 Å². The quantitative estimate of drug-likeness (QED) is 0.679. The average Bonchev–Trinajstić information content (AvgIpc) is 2.26. The van der Waals surface area contributed by atoms with Crippen LogP contribution in [-0.2, 0) is 0 Å². The summed E-state index contributed by atoms with van der Waals surface area (Å²) in [6.45, 7) is 1.73. The predicted molar refractivity (Wildman–Crippen MR) is 66.0 cm³/mol. The Morgan fingerprint density at radius 1 is 1.32 bits per heavy atom. The van der Waals surface area contributed by atoms with E-state index in [1.807, 2.05) is 0 Å². The van der Waals surface area contributed by atoms with E-state index in [1.165, 1.54) is 24.3 Å². The molecule has 0 aliphatic carbocycles. The van der Waals surface area contributed by atoms with E-state index in [4.69, 9.17) is 4.74 Å². The molecule has 2 aromatic carbocycles. The summed E-state index contributed by atoms with van der Waals surface area (Å²) >= 11 is 0. The lowest BCUT2D eigenvalue weighted by Crippen LogP contribution is -1.96. The lowest BCUT2D eigenvalue weighted by atomic mass is 10.2. The number of nitrogens with zero attached hydrogens (tertiary/aromatic N) is 1. The van der Waals surface area contributed by atoms with Gasteiger partial charge in [0.1, 0.15) is 11.5 Å². The third kappa shape index (κ3) is 2.79. The monoisotopic (exact) mass is 263 g/mol. The van der Waals surface area contributed by atoms with Gasteiger partial charge in [-0.25, -0.2) is 0 Å². The van der Waals surface area contributed by atoms with E-state index < -0.39 is 16.4 Å². The zero-order valence-electron chi connectivity index (χ0n) is 9.96. The number of aryl methyl sites for hydroxylation is 1. The molecule has 2 aromatic rings. The summed E-state index contributed by atoms with van der Waals surface area (Å²) < 4.78 is 18.7. The van der Waals surface area contributed by atoms with Crippen molar-refractivity contribution in [3.05, 3.63) is 57.9 Å². The van der Waals surface area contributed by atoms with Crippen LogP contribution in [0.1, 0.15) is 5.56 Å². The van der Waals surface area contributed by atoms with Crippen molar-refractivity contribution in [2.24, 2.45) is 0 Å². The molecule has 98 valence electrons. The van der Waals surface area contributed by atoms with Crippen molar-refractivity contribution in [2.75, 3.05) is 0 Å². The van der Waals surface area contributed by atoms with Gasteiger partial charge in [0, 0.05) is 6.07 Å². The number of halogens is 1. The zero-order valence-corrected chi connectivity index (χ0v) is 9.96. The molecule has 0 aromatic heterocycles. The van der Waals surface area contributed by atoms with Crippen LogP contribution < -0.4 is 4.74 Å². The highest BCUT2D eigenvalue weighted by molar-refractivity contribution is 5.50. The number of nitro groups is 1. The van der Waals surface area contributed by atoms with E-state index in [-0.39, 0.29) is 17.2 Å². The predicted octanol–water partition coefficient (Wildman–Crippen LogP) is 3.54. The zero-order chi connectivity index (χ0) is 14.0. The fourth-order valence-electron chi connectivity index (χ4n) is 1.67. The van der Waals surface area contributed by atoms with Gasteiger partial charge in [0.15, 0.2) is 0 Å². The molecule has 0 aliphatic rings. The van der Waals surface area contributed by atoms with Crippen LogP contribution in [0.5, 0.6) is 17.2 Å². The Kier molecular flexibility index (Phi) is 3.33. The first-order valence-corrected chi connectivity index (χ1v) is 5.39. The Balaban J connectivity index is 2.43. The standard InChI is InChI=1S/C13H10FNO4/c1-8-5-9(16)7-10(6-8)19-12-4-2-3-11(14)13(12)15(17)18/h2-7,16H,1H3. The highest BCUT2D eigenvalue weighted by atomic mass is 19.1. The smallest absolute Gasteiger partial charge is 0.346 e. The second-order valence-corrected chi connectivity index (χ2v) is 3.95. The maximum absolute atomic E-state index is 13.4. The number of hydrogen-bond donors (Lipinski definition) is 1. The van der Waals surface area contributed by atoms with Crippen LogP contribution in [0.2, 0.25) is 0 Å². The van der Waals surface area contributed by atoms with Crippen molar-refractivity contribution in [3.8, 4) is 17.2 Å². The molecule has 6 heteroatoms. The van der Waals surface area contributed by atoms with Crippen molar-refractivity contribution < 1.29 is 19.2 Å². The molecule has 0 unspecified atom stereocenters. The summed E-state index contributed by atoms with van der Waals surface area (Å²) in [6, 6.07) is 7.97. The molecule has 0 radical (unpaired) electrons. The van der Waals surface area contributed by atoms with Gasteiger partial charge >= 0.3 is 5.69 Å². The third-order valence-corrected chi connectivity index (χ3v) is 2.40. The first kappa shape index (κ1) is 12.8. The van der Waals surface area contributed by atoms with Crippen molar-refractivity contribution in [3.63, 3.8) is 0 Å². The lowest BCUT2D eigenvalue weighted by molar-refractivity contribution is -0.388. The molecule has 2 rings (SSSR count). The van der Waals surface area contributed by atoms with E-state index in [9.17, 15) is 19.6 Å². The molecule has 0 spiro atoms. The van der Waals surface area contributed by atoms with Gasteiger partial charge in [0.05, 0.1) is 4.92 Å². The molecular formula is C13H10FNO4. The maximum atomic E-state index is 13.4. The number of phenolic OH excluding ortho intramolecular Hbond substituents is 1. The number of ether oxygens (including phenoxy) is 1. The highest BCUT2D eigenvalue weighted by Crippen LogP contribution is 2.34. The largest absolute Gasteiger partial charge is 0.508 e. The van der Waals surface area contributed by atoms with Gasteiger partial charge in [0.25, 0.3) is 0 Å². The number of benzene rings is 2. The van der Waals surface area contributed by atoms with Crippen molar-refractivity contribution >= 4 is 5.69 Å². The molecule has 0 saturated heterocycles. The molecule has 0 atom stereocenters. The van der Waals surface area contributed by atoms with E-state index in [2.05, 4.69) is 0 Å². The number of nitro benzene ring substituents is 1. The summed E-state index contributed by atoms with van der Waals surface area (Å²) in [5.74, 6) is -1.02. The Labute approximate surface area is 108 Å². The number of rotatable bonds is 3. The minimum atomic E-state index is -0.973. The topological polar surface area (TPSA) is 72.6 Å². The molecule has 0 heterocycles. The second kappa shape index (κ2) is 4.93. The van der Waals surface area contributed by atoms with Crippen molar-refractivity contribution in [2.45, 2.75) is 6.92 Å². The number of para-hydroxylation sites is 1. The van der Waals surface area contributed by atoms with Gasteiger partial charge in [-0.05, 0) is 36.8 Å². The first-order chi connectivity index (χ1) is 8.97. The third-order valence-electron chi connectivity index (χ3n) is 2.40. The van der Waals surface area contributed by atoms with Crippen LogP contribution in [-0.4, -0.2) is 10.0 Å². The highest BCUT2D eigenvalue weighted by Gasteiger charge is 2.21. The van der Waals surface area contributed by atoms with E-state index in [0.717, 1.165) is 6.07 Å². The minimum absolute atomic E-state index is 0.0333. The van der Waals surface area contributed by atoms with Crippen molar-refractivity contribution in [1.29, 1.82) is 0 Å². The normalized spacial score (nSPS) is 10.2. The Hall–Kier alpha value is -2.63. The maximum Gasteiger partial charge on any atom is 0.346 e. The summed E-state index contributed by atoms with van der Waals surface area (Å²) in [4.78, 5) is 9.96. The Morgan fingerprint density at radius 2 is 2.05 bits per heavy atom. The van der Waals surface area contributed by atoms with Crippen LogP contribution in [0.4, 0.5) is 10.1 Å². The van der Waals surface area contributed by atoms with Gasteiger partial charge < -0.3 is 9.84 Å². The van der Waals surface area contributed by atoms with Gasteiger partial charge in [-0.2, -0.15) is 4.39 Å². The fourth-order valence-corrected chi connectivity index (χ4v) is 1.67. The summed E-state index contributed by atoms with van der Waals surface area (Å²) in [5.41, 5.74) is -0.0162. The second-order valence-electron chi connectivity index (χ2n) is 3.95. The Bertz CT molecular complexity index is 622. The SMILES string of the molecule is Cc1cc(O)cc(Oc2cccc(F)c2[N+](=O)[O-])c1. The van der Waals surface area contributed by atoms with E-state index in [1.54, 1.807) is 13.0 Å². The van der Waals surface area contributed by atoms with Gasteiger partial charge in [0.2, 0.25) is 11.6 Å². The van der Waals surface area contributed by atoms with Crippen molar-refractivity contribution in [1.82, 2.24) is 0 Å².